The lowest BCUT2D eigenvalue weighted by Gasteiger charge is -2.31. The Morgan fingerprint density at radius 2 is 1.43 bits per heavy atom. The van der Waals surface area contributed by atoms with Crippen molar-refractivity contribution in [2.24, 2.45) is 10.7 Å². The molecule has 47 heavy (non-hydrogen) atoms. The maximum Gasteiger partial charge on any atom is 0.422 e. The van der Waals surface area contributed by atoms with Crippen LogP contribution in [0.25, 0.3) is 0 Å². The van der Waals surface area contributed by atoms with Gasteiger partial charge in [0.2, 0.25) is 18.0 Å². The lowest BCUT2D eigenvalue weighted by atomic mass is 10.0. The van der Waals surface area contributed by atoms with E-state index in [4.69, 9.17) is 5.73 Å². The van der Waals surface area contributed by atoms with E-state index < -0.39 is 96.9 Å². The van der Waals surface area contributed by atoms with Crippen molar-refractivity contribution >= 4 is 33.2 Å². The number of rotatable bonds is 11. The maximum atomic E-state index is 12.3. The van der Waals surface area contributed by atoms with Crippen LogP contribution in [0.5, 0.6) is 11.6 Å². The Balaban J connectivity index is 0.000000470. The summed E-state index contributed by atoms with van der Waals surface area (Å²) < 4.78 is 164. The van der Waals surface area contributed by atoms with Crippen LogP contribution in [0.3, 0.4) is 0 Å². The summed E-state index contributed by atoms with van der Waals surface area (Å²) in [5.41, 5.74) is 1.72. The number of nitrogens with one attached hydrogen (secondary N) is 1. The molecule has 0 aliphatic carbocycles. The van der Waals surface area contributed by atoms with Gasteiger partial charge in [-0.25, -0.2) is 9.98 Å². The van der Waals surface area contributed by atoms with Crippen molar-refractivity contribution in [2.75, 3.05) is 37.1 Å². The first kappa shape index (κ1) is 41.4. The second-order valence-electron chi connectivity index (χ2n) is 8.98. The Bertz CT molecular complexity index is 1280. The van der Waals surface area contributed by atoms with Crippen LogP contribution in [0.1, 0.15) is 12.6 Å². The molecular formula is C22H22BrF12N5O7. The fourth-order valence-electron chi connectivity index (χ4n) is 3.01. The third kappa shape index (κ3) is 14.8. The number of halogens is 13. The van der Waals surface area contributed by atoms with Crippen LogP contribution in [-0.4, -0.2) is 89.9 Å². The minimum absolute atomic E-state index is 0.0428. The van der Waals surface area contributed by atoms with Crippen molar-refractivity contribution in [1.82, 2.24) is 4.98 Å². The lowest BCUT2D eigenvalue weighted by Crippen LogP contribution is -2.61. The number of ether oxygens (including phenoxy) is 4. The number of dihydropyridines is 1. The molecule has 3 N–H and O–H groups in total. The molecule has 2 atom stereocenters. The van der Waals surface area contributed by atoms with Crippen LogP contribution in [0.15, 0.2) is 22.9 Å². The highest BCUT2D eigenvalue weighted by Gasteiger charge is 2.57. The lowest BCUT2D eigenvalue weighted by molar-refractivity contribution is -0.577. The fraction of sp³-hybridized carbons (Fsp3) is 0.591. The normalized spacial score (nSPS) is 18.7. The Morgan fingerprint density at radius 1 is 0.936 bits per heavy atom. The van der Waals surface area contributed by atoms with Crippen LogP contribution >= 0.6 is 15.9 Å². The van der Waals surface area contributed by atoms with Crippen LogP contribution < -0.4 is 20.5 Å². The molecule has 1 aromatic rings. The molecule has 1 aromatic heterocycles. The number of aliphatic imine (C=N–C) groups is 1. The third-order valence-corrected chi connectivity index (χ3v) is 5.27. The number of hydrogen-bond acceptors (Lipinski definition) is 10. The van der Waals surface area contributed by atoms with Crippen molar-refractivity contribution in [3.63, 3.8) is 0 Å². The van der Waals surface area contributed by atoms with Crippen molar-refractivity contribution < 1.29 is 81.4 Å². The molecule has 0 fully saturated rings. The molecule has 0 spiro atoms. The van der Waals surface area contributed by atoms with Crippen LogP contribution in [-0.2, 0) is 14.3 Å². The number of carbonyl (C=O) groups is 1. The van der Waals surface area contributed by atoms with Gasteiger partial charge in [-0.05, 0) is 13.8 Å². The van der Waals surface area contributed by atoms with E-state index in [1.165, 1.54) is 13.8 Å². The summed E-state index contributed by atoms with van der Waals surface area (Å²) in [7, 11) is 0. The average molecular weight is 776 g/mol. The minimum atomic E-state index is -4.84. The Labute approximate surface area is 263 Å². The summed E-state index contributed by atoms with van der Waals surface area (Å²) >= 11 is 2.80. The number of aromatic nitrogens is 1. The molecule has 2 rings (SSSR count). The van der Waals surface area contributed by atoms with Gasteiger partial charge in [-0.3, -0.25) is 20.6 Å². The van der Waals surface area contributed by atoms with Gasteiger partial charge in [0.15, 0.2) is 31.3 Å². The molecule has 2 unspecified atom stereocenters. The zero-order valence-corrected chi connectivity index (χ0v) is 25.0. The number of hydrogen-bond donors (Lipinski definition) is 2. The summed E-state index contributed by atoms with van der Waals surface area (Å²) in [6.45, 7) is -4.78. The number of aryl methyl sites for hydroxylation is 1. The number of pyridine rings is 1. The third-order valence-electron chi connectivity index (χ3n) is 4.76. The molecular weight excluding hydrogens is 754 g/mol. The fourth-order valence-corrected chi connectivity index (χ4v) is 3.15. The molecule has 2 heterocycles. The van der Waals surface area contributed by atoms with Gasteiger partial charge in [-0.15, -0.1) is 0 Å². The number of carbonyl (C=O) groups excluding carboxylic acids is 1. The summed E-state index contributed by atoms with van der Waals surface area (Å²) in [6.07, 6.45) is -20.5. The molecule has 12 nitrogen and oxygen atoms in total. The predicted octanol–water partition coefficient (Wildman–Crippen LogP) is 5.37. The van der Waals surface area contributed by atoms with Gasteiger partial charge in [0.1, 0.15) is 12.3 Å². The van der Waals surface area contributed by atoms with E-state index in [0.717, 1.165) is 12.1 Å². The number of anilines is 1. The van der Waals surface area contributed by atoms with Gasteiger partial charge in [0, 0.05) is 23.5 Å². The minimum Gasteiger partial charge on any atom is -0.482 e. The highest BCUT2D eigenvalue weighted by Crippen LogP contribution is 2.36. The number of nitrogens with two attached hydrogens (primary N) is 1. The Hall–Kier alpha value is -3.61. The molecule has 0 radical (unpaired) electrons. The zero-order valence-electron chi connectivity index (χ0n) is 23.5. The zero-order chi connectivity index (χ0) is 36.6. The first-order valence-electron chi connectivity index (χ1n) is 12.0. The van der Waals surface area contributed by atoms with E-state index in [1.54, 1.807) is 0 Å². The van der Waals surface area contributed by atoms with E-state index in [9.17, 15) is 67.6 Å². The first-order valence-corrected chi connectivity index (χ1v) is 13.1. The van der Waals surface area contributed by atoms with Gasteiger partial charge in [0.05, 0.1) is 10.3 Å². The monoisotopic (exact) mass is 775 g/mol. The molecule has 25 heteroatoms. The van der Waals surface area contributed by atoms with E-state index >= 15 is 0 Å². The van der Waals surface area contributed by atoms with Gasteiger partial charge in [-0.2, -0.15) is 52.7 Å². The van der Waals surface area contributed by atoms with Crippen molar-refractivity contribution in [3.8, 4) is 11.6 Å². The van der Waals surface area contributed by atoms with E-state index in [2.05, 4.69) is 50.2 Å². The standard InChI is InChI=1S/C12H11BrF6N2O3.C10H11F6N3O4/c1-6-2-7(23-4-11(14,15)16)9(21-8(22)3-13)10(20-6)24-5-12(17,18)19;1-5-2-6(22-3-8(11,12)13)10(17,19(20)21)7(18-5)23-4-9(14,15)16/h2H,3-5H2,1H3,(H,21,22);2,7H,3-4,17H2,1H3. The second-order valence-corrected chi connectivity index (χ2v) is 9.54. The summed E-state index contributed by atoms with van der Waals surface area (Å²) in [5.74, 6) is -2.95. The first-order chi connectivity index (χ1) is 21.2. The number of allylic oxidation sites excluding steroid dienone is 1. The smallest absolute Gasteiger partial charge is 0.422 e. The summed E-state index contributed by atoms with van der Waals surface area (Å²) in [5, 5.41) is 12.9. The van der Waals surface area contributed by atoms with Gasteiger partial charge < -0.3 is 24.3 Å². The highest BCUT2D eigenvalue weighted by atomic mass is 79.9. The van der Waals surface area contributed by atoms with Crippen LogP contribution in [0, 0.1) is 17.0 Å². The van der Waals surface area contributed by atoms with Gasteiger partial charge in [-0.1, -0.05) is 15.9 Å². The largest absolute Gasteiger partial charge is 0.482 e. The Morgan fingerprint density at radius 3 is 1.89 bits per heavy atom. The maximum absolute atomic E-state index is 12.3. The van der Waals surface area contributed by atoms with Gasteiger partial charge >= 0.3 is 30.4 Å². The van der Waals surface area contributed by atoms with Crippen LogP contribution in [0.4, 0.5) is 58.4 Å². The molecule has 268 valence electrons. The van der Waals surface area contributed by atoms with Crippen LogP contribution in [0.2, 0.25) is 0 Å². The SMILES string of the molecule is CC1=NC(OCC(F)(F)F)C(N)([N+](=O)[O-])C(OCC(F)(F)F)=C1.Cc1cc(OCC(F)(F)F)c(NC(=O)CBr)c(OCC(F)(F)F)n1. The summed E-state index contributed by atoms with van der Waals surface area (Å²) in [6, 6.07) is 1.04. The van der Waals surface area contributed by atoms with E-state index in [0.29, 0.717) is 0 Å². The van der Waals surface area contributed by atoms with E-state index in [-0.39, 0.29) is 16.7 Å². The number of amides is 1. The Kier molecular flexibility index (Phi) is 14.1. The van der Waals surface area contributed by atoms with Gasteiger partial charge in [0.25, 0.3) is 0 Å². The van der Waals surface area contributed by atoms with Crippen molar-refractivity contribution in [2.45, 2.75) is 50.4 Å². The summed E-state index contributed by atoms with van der Waals surface area (Å²) in [4.78, 5) is 28.3. The van der Waals surface area contributed by atoms with Crippen molar-refractivity contribution in [3.05, 3.63) is 33.7 Å². The predicted molar refractivity (Wildman–Crippen MR) is 137 cm³/mol. The molecule has 1 aliphatic heterocycles. The van der Waals surface area contributed by atoms with Crippen molar-refractivity contribution in [1.29, 1.82) is 0 Å². The topological polar surface area (TPSA) is 160 Å². The quantitative estimate of drug-likeness (QED) is 0.0991. The molecule has 0 bridgehead atoms. The number of nitro groups is 1. The highest BCUT2D eigenvalue weighted by molar-refractivity contribution is 9.09. The molecule has 1 aliphatic rings. The average Bonchev–Trinajstić information content (AvgIpc) is 2.89. The second kappa shape index (κ2) is 16.0. The number of alkyl halides is 13. The van der Waals surface area contributed by atoms with E-state index in [1.807, 2.05) is 0 Å². The molecule has 0 saturated carbocycles. The molecule has 0 aromatic carbocycles. The number of nitrogens with zero attached hydrogens (tertiary/aromatic N) is 3. The molecule has 1 amide bonds. The molecule has 0 saturated heterocycles.